The van der Waals surface area contributed by atoms with Gasteiger partial charge in [-0.2, -0.15) is 0 Å². The molecule has 0 unspecified atom stereocenters. The number of nitrogens with zero attached hydrogens (tertiary/aromatic N) is 3. The first-order valence-electron chi connectivity index (χ1n) is 8.86. The Kier molecular flexibility index (Phi) is 5.27. The maximum Gasteiger partial charge on any atom is 0.277 e. The summed E-state index contributed by atoms with van der Waals surface area (Å²) < 4.78 is 5.68. The first-order valence-corrected chi connectivity index (χ1v) is 10.7. The van der Waals surface area contributed by atoms with Crippen molar-refractivity contribution in [3.63, 3.8) is 0 Å². The van der Waals surface area contributed by atoms with Crippen LogP contribution in [0, 0.1) is 13.8 Å². The van der Waals surface area contributed by atoms with Crippen LogP contribution >= 0.6 is 23.1 Å². The van der Waals surface area contributed by atoms with E-state index in [4.69, 9.17) is 4.42 Å². The summed E-state index contributed by atoms with van der Waals surface area (Å²) in [5.74, 6) is 0.631. The van der Waals surface area contributed by atoms with Crippen LogP contribution in [0.4, 0.5) is 5.69 Å². The number of amides is 1. The Bertz CT molecular complexity index is 1060. The van der Waals surface area contributed by atoms with Crippen molar-refractivity contribution in [1.82, 2.24) is 15.2 Å². The quantitative estimate of drug-likeness (QED) is 0.496. The number of nitrogens with one attached hydrogen (secondary N) is 1. The lowest BCUT2D eigenvalue weighted by Gasteiger charge is -2.08. The van der Waals surface area contributed by atoms with Crippen molar-refractivity contribution >= 4 is 40.5 Å². The molecule has 1 aromatic carbocycles. The summed E-state index contributed by atoms with van der Waals surface area (Å²) in [5, 5.41) is 12.3. The maximum atomic E-state index is 12.6. The molecule has 28 heavy (non-hydrogen) atoms. The Morgan fingerprint density at radius 1 is 1.29 bits per heavy atom. The summed E-state index contributed by atoms with van der Waals surface area (Å²) in [6.45, 7) is 3.83. The Morgan fingerprint density at radius 2 is 2.14 bits per heavy atom. The summed E-state index contributed by atoms with van der Waals surface area (Å²) in [7, 11) is 0. The number of Topliss-reactive ketones (excluding diaryl/α,β-unsaturated/α-hetero) is 1. The van der Waals surface area contributed by atoms with E-state index in [2.05, 4.69) is 20.5 Å². The van der Waals surface area contributed by atoms with Crippen LogP contribution < -0.4 is 5.32 Å². The molecule has 144 valence electrons. The van der Waals surface area contributed by atoms with Gasteiger partial charge in [0.1, 0.15) is 4.88 Å². The number of carbonyl (C=O) groups excluding carboxylic acids is 2. The number of carbonyl (C=O) groups is 2. The minimum Gasteiger partial charge on any atom is -0.410 e. The summed E-state index contributed by atoms with van der Waals surface area (Å²) in [4.78, 5) is 29.4. The molecule has 1 aliphatic rings. The monoisotopic (exact) mass is 414 g/mol. The largest absolute Gasteiger partial charge is 0.410 e. The number of aryl methyl sites for hydroxylation is 3. The third-order valence-corrected chi connectivity index (χ3v) is 6.26. The van der Waals surface area contributed by atoms with Gasteiger partial charge in [0, 0.05) is 17.7 Å². The van der Waals surface area contributed by atoms with Crippen molar-refractivity contribution in [2.75, 3.05) is 11.1 Å². The van der Waals surface area contributed by atoms with Gasteiger partial charge in [0.25, 0.3) is 11.1 Å². The Hall–Kier alpha value is -2.52. The molecule has 1 N–H and O–H groups in total. The van der Waals surface area contributed by atoms with Crippen molar-refractivity contribution in [1.29, 1.82) is 0 Å². The molecular formula is C19H18N4O3S2. The van der Waals surface area contributed by atoms with E-state index in [0.29, 0.717) is 23.1 Å². The number of aromatic nitrogens is 3. The number of ketones is 1. The van der Waals surface area contributed by atoms with E-state index >= 15 is 0 Å². The number of anilines is 1. The van der Waals surface area contributed by atoms with Crippen LogP contribution in [0.2, 0.25) is 0 Å². The van der Waals surface area contributed by atoms with Crippen LogP contribution in [0.3, 0.4) is 0 Å². The van der Waals surface area contributed by atoms with Crippen LogP contribution in [0.1, 0.15) is 39.5 Å². The standard InChI is InChI=1S/C19H18N4O3S2/c1-10-17(28-11(2)20-10)18-22-23-19(26-18)27-9-15(24)13-6-7-14-12(8-13)4-3-5-16(25)21-14/h6-8H,3-5,9H2,1-2H3,(H,21,25). The fourth-order valence-corrected chi connectivity index (χ4v) is 4.55. The van der Waals surface area contributed by atoms with E-state index in [9.17, 15) is 9.59 Å². The highest BCUT2D eigenvalue weighted by Gasteiger charge is 2.18. The molecule has 0 fully saturated rings. The number of thioether (sulfide) groups is 1. The summed E-state index contributed by atoms with van der Waals surface area (Å²) in [6.07, 6.45) is 2.07. The zero-order valence-electron chi connectivity index (χ0n) is 15.4. The molecule has 0 spiro atoms. The topological polar surface area (TPSA) is 98.0 Å². The van der Waals surface area contributed by atoms with Gasteiger partial charge in [-0.05, 0) is 50.5 Å². The number of fused-ring (bicyclic) bond motifs is 1. The molecule has 0 saturated heterocycles. The van der Waals surface area contributed by atoms with Gasteiger partial charge < -0.3 is 9.73 Å². The van der Waals surface area contributed by atoms with E-state index < -0.39 is 0 Å². The van der Waals surface area contributed by atoms with Crippen LogP contribution in [0.25, 0.3) is 10.8 Å². The van der Waals surface area contributed by atoms with Crippen molar-refractivity contribution in [2.24, 2.45) is 0 Å². The van der Waals surface area contributed by atoms with Gasteiger partial charge in [0.15, 0.2) is 5.78 Å². The Labute approximate surface area is 170 Å². The zero-order chi connectivity index (χ0) is 19.7. The molecule has 3 heterocycles. The molecule has 0 saturated carbocycles. The van der Waals surface area contributed by atoms with Crippen molar-refractivity contribution < 1.29 is 14.0 Å². The van der Waals surface area contributed by atoms with E-state index in [-0.39, 0.29) is 17.4 Å². The smallest absolute Gasteiger partial charge is 0.277 e. The van der Waals surface area contributed by atoms with Gasteiger partial charge in [-0.1, -0.05) is 11.8 Å². The molecule has 1 aliphatic heterocycles. The first-order chi connectivity index (χ1) is 13.5. The van der Waals surface area contributed by atoms with E-state index in [1.165, 1.54) is 23.1 Å². The van der Waals surface area contributed by atoms with E-state index in [1.807, 2.05) is 19.9 Å². The van der Waals surface area contributed by atoms with Gasteiger partial charge in [0.05, 0.1) is 16.5 Å². The molecule has 0 aliphatic carbocycles. The molecular weight excluding hydrogens is 396 g/mol. The lowest BCUT2D eigenvalue weighted by atomic mass is 10.0. The second-order valence-corrected chi connectivity index (χ2v) is 8.64. The van der Waals surface area contributed by atoms with Gasteiger partial charge >= 0.3 is 0 Å². The SMILES string of the molecule is Cc1nc(C)c(-c2nnc(SCC(=O)c3ccc4c(c3)CCCC(=O)N4)o2)s1. The number of benzene rings is 1. The van der Waals surface area contributed by atoms with Crippen molar-refractivity contribution in [3.05, 3.63) is 40.0 Å². The first kappa shape index (κ1) is 18.8. The fourth-order valence-electron chi connectivity index (χ4n) is 3.05. The second-order valence-electron chi connectivity index (χ2n) is 6.51. The molecule has 0 atom stereocenters. The third-order valence-electron chi connectivity index (χ3n) is 4.38. The third kappa shape index (κ3) is 4.00. The molecule has 7 nitrogen and oxygen atoms in total. The van der Waals surface area contributed by atoms with E-state index in [0.717, 1.165) is 39.7 Å². The summed E-state index contributed by atoms with van der Waals surface area (Å²) in [5.41, 5.74) is 3.27. The minimum absolute atomic E-state index is 0.0203. The van der Waals surface area contributed by atoms with Crippen LogP contribution in [-0.2, 0) is 11.2 Å². The lowest BCUT2D eigenvalue weighted by Crippen LogP contribution is -2.10. The van der Waals surface area contributed by atoms with Crippen molar-refractivity contribution in [3.8, 4) is 10.8 Å². The molecule has 0 bridgehead atoms. The van der Waals surface area contributed by atoms with Gasteiger partial charge in [-0.3, -0.25) is 9.59 Å². The van der Waals surface area contributed by atoms with Crippen molar-refractivity contribution in [2.45, 2.75) is 38.3 Å². The number of hydrogen-bond donors (Lipinski definition) is 1. The zero-order valence-corrected chi connectivity index (χ0v) is 17.1. The fraction of sp³-hybridized carbons (Fsp3) is 0.316. The highest BCUT2D eigenvalue weighted by Crippen LogP contribution is 2.31. The van der Waals surface area contributed by atoms with E-state index in [1.54, 1.807) is 12.1 Å². The second kappa shape index (κ2) is 7.84. The number of rotatable bonds is 5. The van der Waals surface area contributed by atoms with Gasteiger partial charge in [-0.25, -0.2) is 4.98 Å². The average molecular weight is 415 g/mol. The Balaban J connectivity index is 1.43. The molecule has 0 radical (unpaired) electrons. The lowest BCUT2D eigenvalue weighted by molar-refractivity contribution is -0.116. The van der Waals surface area contributed by atoms with Gasteiger partial charge in [-0.15, -0.1) is 21.5 Å². The summed E-state index contributed by atoms with van der Waals surface area (Å²) in [6, 6.07) is 5.42. The predicted molar refractivity (Wildman–Crippen MR) is 108 cm³/mol. The number of hydrogen-bond acceptors (Lipinski definition) is 8. The Morgan fingerprint density at radius 3 is 2.93 bits per heavy atom. The van der Waals surface area contributed by atoms with Crippen LogP contribution in [0.5, 0.6) is 0 Å². The minimum atomic E-state index is -0.0204. The van der Waals surface area contributed by atoms with Crippen LogP contribution in [-0.4, -0.2) is 32.6 Å². The molecule has 1 amide bonds. The molecule has 3 aromatic rings. The van der Waals surface area contributed by atoms with Crippen LogP contribution in [0.15, 0.2) is 27.8 Å². The average Bonchev–Trinajstić information content (AvgIpc) is 3.21. The molecule has 2 aromatic heterocycles. The predicted octanol–water partition coefficient (Wildman–Crippen LogP) is 4.06. The highest BCUT2D eigenvalue weighted by atomic mass is 32.2. The molecule has 4 rings (SSSR count). The highest BCUT2D eigenvalue weighted by molar-refractivity contribution is 7.99. The maximum absolute atomic E-state index is 12.6. The van der Waals surface area contributed by atoms with Gasteiger partial charge in [0.2, 0.25) is 5.91 Å². The normalized spacial score (nSPS) is 13.7. The summed E-state index contributed by atoms with van der Waals surface area (Å²) >= 11 is 2.72. The number of thiazole rings is 1. The molecule has 9 heteroatoms.